The molecule has 142 valence electrons. The van der Waals surface area contributed by atoms with Gasteiger partial charge in [-0.3, -0.25) is 0 Å². The summed E-state index contributed by atoms with van der Waals surface area (Å²) in [6.45, 7) is 1.65. The monoisotopic (exact) mass is 413 g/mol. The van der Waals surface area contributed by atoms with Gasteiger partial charge in [-0.1, -0.05) is 23.5 Å². The van der Waals surface area contributed by atoms with Crippen LogP contribution in [-0.2, 0) is 13.0 Å². The van der Waals surface area contributed by atoms with Crippen molar-refractivity contribution >= 4 is 49.8 Å². The Morgan fingerprint density at radius 2 is 2.04 bits per heavy atom. The second kappa shape index (κ2) is 7.58. The molecule has 0 aliphatic heterocycles. The summed E-state index contributed by atoms with van der Waals surface area (Å²) in [5, 5.41) is 33.3. The minimum atomic E-state index is -1.07. The van der Waals surface area contributed by atoms with E-state index in [4.69, 9.17) is 5.11 Å². The Bertz CT molecular complexity index is 1140. The fourth-order valence-electron chi connectivity index (χ4n) is 2.74. The maximum Gasteiger partial charge on any atom is 0.355 e. The smallest absolute Gasteiger partial charge is 0.355 e. The lowest BCUT2D eigenvalue weighted by atomic mass is 10.1. The number of aliphatic hydroxyl groups is 1. The van der Waals surface area contributed by atoms with Gasteiger partial charge in [0.2, 0.25) is 0 Å². The van der Waals surface area contributed by atoms with E-state index in [9.17, 15) is 9.90 Å². The maximum atomic E-state index is 11.0. The number of hydrogen-bond acceptors (Lipinski definition) is 9. The maximum absolute atomic E-state index is 11.0. The molecule has 4 rings (SSSR count). The number of aromatic carboxylic acids is 1. The Balaban J connectivity index is 1.62. The van der Waals surface area contributed by atoms with Gasteiger partial charge in [-0.05, 0) is 19.1 Å². The number of carbonyl (C=O) groups is 1. The summed E-state index contributed by atoms with van der Waals surface area (Å²) in [5.41, 5.74) is 2.88. The van der Waals surface area contributed by atoms with Gasteiger partial charge in [0.15, 0.2) is 16.6 Å². The number of fused-ring (bicyclic) bond motifs is 1. The third-order valence-corrected chi connectivity index (χ3v) is 5.99. The van der Waals surface area contributed by atoms with Crippen LogP contribution in [0.4, 0.5) is 10.9 Å². The van der Waals surface area contributed by atoms with Gasteiger partial charge < -0.3 is 15.5 Å². The summed E-state index contributed by atoms with van der Waals surface area (Å²) in [7, 11) is 0. The van der Waals surface area contributed by atoms with Crippen molar-refractivity contribution in [3.05, 3.63) is 57.2 Å². The summed E-state index contributed by atoms with van der Waals surface area (Å²) in [4.78, 5) is 19.6. The lowest BCUT2D eigenvalue weighted by Crippen LogP contribution is -2.08. The van der Waals surface area contributed by atoms with E-state index in [1.807, 2.05) is 31.2 Å². The normalized spacial score (nSPS) is 11.1. The number of carboxylic acids is 1. The Labute approximate surface area is 167 Å². The third-order valence-electron chi connectivity index (χ3n) is 4.19. The van der Waals surface area contributed by atoms with E-state index >= 15 is 0 Å². The van der Waals surface area contributed by atoms with E-state index in [1.165, 1.54) is 28.1 Å². The zero-order chi connectivity index (χ0) is 19.7. The molecule has 28 heavy (non-hydrogen) atoms. The molecule has 0 fully saturated rings. The van der Waals surface area contributed by atoms with Gasteiger partial charge in [-0.25, -0.2) is 14.8 Å². The first-order valence-corrected chi connectivity index (χ1v) is 10.0. The van der Waals surface area contributed by atoms with E-state index < -0.39 is 5.97 Å². The fourth-order valence-corrected chi connectivity index (χ4v) is 4.37. The molecule has 0 spiro atoms. The zero-order valence-electron chi connectivity index (χ0n) is 14.7. The number of carboxylic acid groups (broad SMARTS) is 1. The molecule has 3 N–H and O–H groups in total. The van der Waals surface area contributed by atoms with Crippen LogP contribution in [0, 0.1) is 6.92 Å². The topological polar surface area (TPSA) is 121 Å². The number of nitrogens with zero attached hydrogens (tertiary/aromatic N) is 4. The molecule has 3 heterocycles. The second-order valence-electron chi connectivity index (χ2n) is 5.98. The molecule has 0 aliphatic carbocycles. The van der Waals surface area contributed by atoms with E-state index in [-0.39, 0.29) is 12.3 Å². The average Bonchev–Trinajstić information content (AvgIpc) is 3.30. The molecule has 0 saturated carbocycles. The lowest BCUT2D eigenvalue weighted by Gasteiger charge is -2.12. The Morgan fingerprint density at radius 1 is 1.21 bits per heavy atom. The van der Waals surface area contributed by atoms with Gasteiger partial charge in [-0.2, -0.15) is 5.10 Å². The van der Waals surface area contributed by atoms with E-state index in [1.54, 1.807) is 0 Å². The Kier molecular flexibility index (Phi) is 4.99. The molecule has 0 amide bonds. The van der Waals surface area contributed by atoms with Gasteiger partial charge in [0.05, 0.1) is 27.5 Å². The van der Waals surface area contributed by atoms with Gasteiger partial charge in [0.1, 0.15) is 0 Å². The second-order valence-corrected chi connectivity index (χ2v) is 7.95. The van der Waals surface area contributed by atoms with Crippen LogP contribution in [0.2, 0.25) is 0 Å². The van der Waals surface area contributed by atoms with Crippen molar-refractivity contribution in [2.75, 3.05) is 5.32 Å². The van der Waals surface area contributed by atoms with Crippen LogP contribution in [0.5, 0.6) is 0 Å². The first kappa shape index (κ1) is 18.4. The van der Waals surface area contributed by atoms with Gasteiger partial charge >= 0.3 is 5.97 Å². The number of para-hydroxylation sites is 1. The minimum absolute atomic E-state index is 0.00403. The predicted molar refractivity (Wildman–Crippen MR) is 107 cm³/mol. The number of anilines is 2. The van der Waals surface area contributed by atoms with Crippen LogP contribution >= 0.6 is 22.7 Å². The number of aliphatic hydroxyl groups excluding tert-OH is 1. The van der Waals surface area contributed by atoms with Gasteiger partial charge in [0, 0.05) is 22.9 Å². The lowest BCUT2D eigenvalue weighted by molar-refractivity contribution is 0.0691. The largest absolute Gasteiger partial charge is 0.476 e. The Hall–Kier alpha value is -2.95. The van der Waals surface area contributed by atoms with Crippen molar-refractivity contribution in [1.29, 1.82) is 0 Å². The summed E-state index contributed by atoms with van der Waals surface area (Å²) in [6.07, 6.45) is 0.309. The van der Waals surface area contributed by atoms with Crippen molar-refractivity contribution < 1.29 is 15.0 Å². The molecule has 0 atom stereocenters. The van der Waals surface area contributed by atoms with Crippen molar-refractivity contribution in [1.82, 2.24) is 20.2 Å². The van der Waals surface area contributed by atoms with Crippen molar-refractivity contribution in [3.8, 4) is 0 Å². The molecule has 0 unspecified atom stereocenters. The molecular formula is C18H15N5O3S2. The highest BCUT2D eigenvalue weighted by Crippen LogP contribution is 2.30. The summed E-state index contributed by atoms with van der Waals surface area (Å²) in [5.74, 6) is -0.542. The minimum Gasteiger partial charge on any atom is -0.476 e. The molecule has 1 aromatic carbocycles. The molecule has 0 bridgehead atoms. The number of nitrogens with one attached hydrogen (secondary N) is 1. The molecule has 8 nitrogen and oxygen atoms in total. The molecular weight excluding hydrogens is 398 g/mol. The van der Waals surface area contributed by atoms with Crippen LogP contribution in [0.15, 0.2) is 29.6 Å². The number of rotatable bonds is 6. The van der Waals surface area contributed by atoms with Crippen molar-refractivity contribution in [2.24, 2.45) is 0 Å². The van der Waals surface area contributed by atoms with Crippen LogP contribution in [0.25, 0.3) is 10.2 Å². The Morgan fingerprint density at radius 3 is 2.75 bits per heavy atom. The molecule has 0 radical (unpaired) electrons. The van der Waals surface area contributed by atoms with Crippen molar-refractivity contribution in [2.45, 2.75) is 20.0 Å². The van der Waals surface area contributed by atoms with E-state index in [2.05, 4.69) is 25.5 Å². The standard InChI is InChI=1S/C18H15N5O3S2/c1-9-10(7-24)12(6-15-19-13(8-27-15)17(25)26)22-23-16(9)21-18-20-11-4-2-3-5-14(11)28-18/h2-5,8,24H,6-7H2,1H3,(H,25,26)(H,20,21,23). The highest BCUT2D eigenvalue weighted by molar-refractivity contribution is 7.22. The van der Waals surface area contributed by atoms with Gasteiger partial charge in [0.25, 0.3) is 0 Å². The molecule has 0 aliphatic rings. The quantitative estimate of drug-likeness (QED) is 0.440. The highest BCUT2D eigenvalue weighted by atomic mass is 32.1. The van der Waals surface area contributed by atoms with Crippen LogP contribution in [-0.4, -0.2) is 36.3 Å². The summed E-state index contributed by atoms with van der Waals surface area (Å²) < 4.78 is 1.06. The summed E-state index contributed by atoms with van der Waals surface area (Å²) >= 11 is 2.75. The van der Waals surface area contributed by atoms with E-state index in [0.717, 1.165) is 15.8 Å². The number of benzene rings is 1. The molecule has 3 aromatic heterocycles. The first-order valence-electron chi connectivity index (χ1n) is 8.31. The highest BCUT2D eigenvalue weighted by Gasteiger charge is 2.17. The van der Waals surface area contributed by atoms with Crippen LogP contribution in [0.1, 0.15) is 32.3 Å². The number of aromatic nitrogens is 4. The van der Waals surface area contributed by atoms with Gasteiger partial charge in [-0.15, -0.1) is 16.4 Å². The molecule has 10 heteroatoms. The number of hydrogen-bond donors (Lipinski definition) is 3. The van der Waals surface area contributed by atoms with Crippen LogP contribution < -0.4 is 5.32 Å². The fraction of sp³-hybridized carbons (Fsp3) is 0.167. The molecule has 0 saturated heterocycles. The SMILES string of the molecule is Cc1c(Nc2nc3ccccc3s2)nnc(Cc2nc(C(=O)O)cs2)c1CO. The third kappa shape index (κ3) is 3.57. The summed E-state index contributed by atoms with van der Waals surface area (Å²) in [6, 6.07) is 7.84. The van der Waals surface area contributed by atoms with Crippen LogP contribution in [0.3, 0.4) is 0 Å². The van der Waals surface area contributed by atoms with E-state index in [0.29, 0.717) is 33.6 Å². The van der Waals surface area contributed by atoms with Crippen molar-refractivity contribution in [3.63, 3.8) is 0 Å². The molecule has 4 aromatic rings. The predicted octanol–water partition coefficient (Wildman–Crippen LogP) is 3.38. The first-order chi connectivity index (χ1) is 13.5. The average molecular weight is 413 g/mol. The number of thiazole rings is 2. The zero-order valence-corrected chi connectivity index (χ0v) is 16.3.